The van der Waals surface area contributed by atoms with Crippen LogP contribution in [0.25, 0.3) is 0 Å². The predicted molar refractivity (Wildman–Crippen MR) is 80.5 cm³/mol. The van der Waals surface area contributed by atoms with E-state index in [1.165, 1.54) is 11.3 Å². The Morgan fingerprint density at radius 1 is 0.842 bits per heavy atom. The number of nitrogens with one attached hydrogen (secondary N) is 1. The number of rotatable bonds is 2. The average molecular weight is 252 g/mol. The van der Waals surface area contributed by atoms with Crippen molar-refractivity contribution in [3.63, 3.8) is 0 Å². The van der Waals surface area contributed by atoms with E-state index in [2.05, 4.69) is 70.9 Å². The van der Waals surface area contributed by atoms with Crippen molar-refractivity contribution in [1.29, 1.82) is 0 Å². The van der Waals surface area contributed by atoms with Crippen LogP contribution in [-0.4, -0.2) is 19.6 Å². The van der Waals surface area contributed by atoms with Gasteiger partial charge in [0.05, 0.1) is 6.04 Å². The highest BCUT2D eigenvalue weighted by Gasteiger charge is 2.22. The van der Waals surface area contributed by atoms with Crippen LogP contribution in [0.3, 0.4) is 0 Å². The Bertz CT molecular complexity index is 448. The normalized spacial score (nSPS) is 20.0. The molecule has 19 heavy (non-hydrogen) atoms. The summed E-state index contributed by atoms with van der Waals surface area (Å²) in [5.41, 5.74) is 2.73. The van der Waals surface area contributed by atoms with Gasteiger partial charge < -0.3 is 10.2 Å². The maximum Gasteiger partial charge on any atom is 0.0555 e. The van der Waals surface area contributed by atoms with Crippen molar-refractivity contribution in [1.82, 2.24) is 5.32 Å². The zero-order chi connectivity index (χ0) is 12.9. The minimum Gasteiger partial charge on any atom is -0.363 e. The van der Waals surface area contributed by atoms with Crippen LogP contribution in [-0.2, 0) is 0 Å². The summed E-state index contributed by atoms with van der Waals surface area (Å²) in [6, 6.07) is 22.1. The molecule has 1 atom stereocenters. The molecule has 0 aromatic heterocycles. The molecule has 1 aliphatic heterocycles. The lowest BCUT2D eigenvalue weighted by molar-refractivity contribution is 0.617. The van der Waals surface area contributed by atoms with E-state index in [1.54, 1.807) is 0 Å². The highest BCUT2D eigenvalue weighted by molar-refractivity contribution is 5.49. The SMILES string of the molecule is c1ccc(C2CCNCCN2c2ccccc2)cc1. The number of benzene rings is 2. The molecule has 2 aromatic rings. The van der Waals surface area contributed by atoms with Gasteiger partial charge in [-0.15, -0.1) is 0 Å². The maximum absolute atomic E-state index is 3.51. The third-order valence-electron chi connectivity index (χ3n) is 3.77. The molecule has 1 saturated heterocycles. The molecule has 0 bridgehead atoms. The predicted octanol–water partition coefficient (Wildman–Crippen LogP) is 3.23. The van der Waals surface area contributed by atoms with Gasteiger partial charge in [0.25, 0.3) is 0 Å². The number of anilines is 1. The van der Waals surface area contributed by atoms with Crippen LogP contribution >= 0.6 is 0 Å². The summed E-state index contributed by atoms with van der Waals surface area (Å²) in [4.78, 5) is 2.52. The molecule has 2 aromatic carbocycles. The Hall–Kier alpha value is -1.80. The second-order valence-corrected chi connectivity index (χ2v) is 4.99. The minimum atomic E-state index is 0.471. The van der Waals surface area contributed by atoms with Crippen molar-refractivity contribution in [2.24, 2.45) is 0 Å². The Labute approximate surface area is 115 Å². The van der Waals surface area contributed by atoms with Gasteiger partial charge >= 0.3 is 0 Å². The molecule has 2 heteroatoms. The topological polar surface area (TPSA) is 15.3 Å². The fourth-order valence-corrected chi connectivity index (χ4v) is 2.83. The van der Waals surface area contributed by atoms with Gasteiger partial charge in [0.1, 0.15) is 0 Å². The Morgan fingerprint density at radius 2 is 1.53 bits per heavy atom. The molecule has 98 valence electrons. The van der Waals surface area contributed by atoms with E-state index in [0.29, 0.717) is 6.04 Å². The van der Waals surface area contributed by atoms with Crippen molar-refractivity contribution < 1.29 is 0 Å². The van der Waals surface area contributed by atoms with Gasteiger partial charge in [0, 0.05) is 18.8 Å². The monoisotopic (exact) mass is 252 g/mol. The first-order chi connectivity index (χ1) is 9.45. The molecule has 0 amide bonds. The van der Waals surface area contributed by atoms with E-state index in [0.717, 1.165) is 26.1 Å². The van der Waals surface area contributed by atoms with Gasteiger partial charge in [-0.05, 0) is 30.7 Å². The van der Waals surface area contributed by atoms with E-state index in [-0.39, 0.29) is 0 Å². The van der Waals surface area contributed by atoms with E-state index in [9.17, 15) is 0 Å². The van der Waals surface area contributed by atoms with Gasteiger partial charge in [-0.25, -0.2) is 0 Å². The van der Waals surface area contributed by atoms with E-state index < -0.39 is 0 Å². The molecule has 1 N–H and O–H groups in total. The lowest BCUT2D eigenvalue weighted by Crippen LogP contribution is -2.30. The van der Waals surface area contributed by atoms with Crippen molar-refractivity contribution >= 4 is 5.69 Å². The van der Waals surface area contributed by atoms with Gasteiger partial charge in [-0.1, -0.05) is 48.5 Å². The summed E-state index contributed by atoms with van der Waals surface area (Å²) in [6.07, 6.45) is 1.15. The zero-order valence-corrected chi connectivity index (χ0v) is 11.1. The maximum atomic E-state index is 3.51. The summed E-state index contributed by atoms with van der Waals surface area (Å²) < 4.78 is 0. The molecule has 0 radical (unpaired) electrons. The van der Waals surface area contributed by atoms with Crippen molar-refractivity contribution in [2.75, 3.05) is 24.5 Å². The smallest absolute Gasteiger partial charge is 0.0555 e. The fraction of sp³-hybridized carbons (Fsp3) is 0.294. The molecule has 1 unspecified atom stereocenters. The molecular formula is C17H20N2. The number of hydrogen-bond donors (Lipinski definition) is 1. The average Bonchev–Trinajstić information content (AvgIpc) is 2.75. The van der Waals surface area contributed by atoms with E-state index in [4.69, 9.17) is 0 Å². The Morgan fingerprint density at radius 3 is 2.26 bits per heavy atom. The standard InChI is InChI=1S/C17H20N2/c1-3-7-15(8-4-1)17-11-12-18-13-14-19(17)16-9-5-2-6-10-16/h1-10,17-18H,11-14H2. The summed E-state index contributed by atoms with van der Waals surface area (Å²) >= 11 is 0. The number of para-hydroxylation sites is 1. The molecule has 0 aliphatic carbocycles. The van der Waals surface area contributed by atoms with Crippen LogP contribution in [0.2, 0.25) is 0 Å². The largest absolute Gasteiger partial charge is 0.363 e. The van der Waals surface area contributed by atoms with Gasteiger partial charge in [-0.2, -0.15) is 0 Å². The molecule has 1 aliphatic rings. The van der Waals surface area contributed by atoms with Crippen LogP contribution in [0.1, 0.15) is 18.0 Å². The van der Waals surface area contributed by atoms with Gasteiger partial charge in [0.2, 0.25) is 0 Å². The van der Waals surface area contributed by atoms with Crippen LogP contribution in [0.15, 0.2) is 60.7 Å². The molecule has 1 fully saturated rings. The van der Waals surface area contributed by atoms with E-state index in [1.807, 2.05) is 0 Å². The van der Waals surface area contributed by atoms with Crippen LogP contribution in [0.4, 0.5) is 5.69 Å². The Kier molecular flexibility index (Phi) is 3.80. The molecule has 3 rings (SSSR count). The highest BCUT2D eigenvalue weighted by atomic mass is 15.2. The molecular weight excluding hydrogens is 232 g/mol. The second-order valence-electron chi connectivity index (χ2n) is 4.99. The quantitative estimate of drug-likeness (QED) is 0.882. The Balaban J connectivity index is 1.94. The van der Waals surface area contributed by atoms with Crippen LogP contribution in [0.5, 0.6) is 0 Å². The second kappa shape index (κ2) is 5.89. The first-order valence-electron chi connectivity index (χ1n) is 7.02. The zero-order valence-electron chi connectivity index (χ0n) is 11.1. The fourth-order valence-electron chi connectivity index (χ4n) is 2.83. The summed E-state index contributed by atoms with van der Waals surface area (Å²) in [7, 11) is 0. The van der Waals surface area contributed by atoms with Crippen molar-refractivity contribution in [2.45, 2.75) is 12.5 Å². The van der Waals surface area contributed by atoms with Crippen molar-refractivity contribution in [3.05, 3.63) is 66.2 Å². The summed E-state index contributed by atoms with van der Waals surface area (Å²) in [5.74, 6) is 0. The van der Waals surface area contributed by atoms with Gasteiger partial charge in [0.15, 0.2) is 0 Å². The highest BCUT2D eigenvalue weighted by Crippen LogP contribution is 2.30. The lowest BCUT2D eigenvalue weighted by atomic mass is 10.0. The third-order valence-corrected chi connectivity index (χ3v) is 3.77. The van der Waals surface area contributed by atoms with Gasteiger partial charge in [-0.3, -0.25) is 0 Å². The number of nitrogens with zero attached hydrogens (tertiary/aromatic N) is 1. The van der Waals surface area contributed by atoms with Crippen LogP contribution in [0, 0.1) is 0 Å². The summed E-state index contributed by atoms with van der Waals surface area (Å²) in [5, 5.41) is 3.51. The minimum absolute atomic E-state index is 0.471. The number of hydrogen-bond acceptors (Lipinski definition) is 2. The van der Waals surface area contributed by atoms with E-state index >= 15 is 0 Å². The molecule has 0 saturated carbocycles. The first-order valence-corrected chi connectivity index (χ1v) is 7.02. The molecule has 1 heterocycles. The van der Waals surface area contributed by atoms with Crippen molar-refractivity contribution in [3.8, 4) is 0 Å². The summed E-state index contributed by atoms with van der Waals surface area (Å²) in [6.45, 7) is 3.20. The first kappa shape index (κ1) is 12.2. The third kappa shape index (κ3) is 2.79. The van der Waals surface area contributed by atoms with Crippen LogP contribution < -0.4 is 10.2 Å². The molecule has 2 nitrogen and oxygen atoms in total. The lowest BCUT2D eigenvalue weighted by Gasteiger charge is -2.32. The molecule has 0 spiro atoms.